The molecule has 31 heavy (non-hydrogen) atoms. The van der Waals surface area contributed by atoms with E-state index in [1.165, 1.54) is 30.3 Å². The maximum atomic E-state index is 14.0. The molecule has 1 aliphatic rings. The van der Waals surface area contributed by atoms with Gasteiger partial charge in [-0.25, -0.2) is 4.39 Å². The largest absolute Gasteiger partial charge is 0.534 e. The minimum absolute atomic E-state index is 0.395. The zero-order valence-corrected chi connectivity index (χ0v) is 16.5. The van der Waals surface area contributed by atoms with Gasteiger partial charge >= 0.3 is 15.6 Å². The Balaban J connectivity index is 1.83. The lowest BCUT2D eigenvalue weighted by atomic mass is 9.96. The first-order chi connectivity index (χ1) is 14.6. The van der Waals surface area contributed by atoms with Crippen LogP contribution in [0, 0.1) is 5.82 Å². The summed E-state index contributed by atoms with van der Waals surface area (Å²) in [6, 6.07) is 13.2. The molecule has 3 aromatic carbocycles. The van der Waals surface area contributed by atoms with Gasteiger partial charge in [-0.05, 0) is 36.4 Å². The smallest absolute Gasteiger partial charge is 0.456 e. The van der Waals surface area contributed by atoms with E-state index in [1.807, 2.05) is 0 Å². The Morgan fingerprint density at radius 2 is 1.74 bits per heavy atom. The maximum Gasteiger partial charge on any atom is 0.534 e. The van der Waals surface area contributed by atoms with Crippen LogP contribution in [-0.2, 0) is 17.2 Å². The molecule has 4 aromatic rings. The second kappa shape index (κ2) is 6.30. The Morgan fingerprint density at radius 3 is 2.48 bits per heavy atom. The Hall–Kier alpha value is -3.40. The Labute approximate surface area is 173 Å². The van der Waals surface area contributed by atoms with E-state index in [1.54, 1.807) is 29.8 Å². The first-order valence-corrected chi connectivity index (χ1v) is 10.3. The number of hydrogen-bond donors (Lipinski definition) is 0. The van der Waals surface area contributed by atoms with Crippen LogP contribution < -0.4 is 13.5 Å². The number of pyridine rings is 1. The van der Waals surface area contributed by atoms with Crippen LogP contribution in [0.3, 0.4) is 0 Å². The monoisotopic (exact) mass is 450 g/mol. The molecule has 158 valence electrons. The van der Waals surface area contributed by atoms with Crippen LogP contribution >= 0.6 is 0 Å². The summed E-state index contributed by atoms with van der Waals surface area (Å²) in [6.07, 6.45) is 0. The topological polar surface area (TPSA) is 56.5 Å². The van der Waals surface area contributed by atoms with Gasteiger partial charge in [0.05, 0.1) is 22.4 Å². The predicted molar refractivity (Wildman–Crippen MR) is 104 cm³/mol. The molecule has 0 saturated carbocycles. The summed E-state index contributed by atoms with van der Waals surface area (Å²) < 4.78 is 86.9. The van der Waals surface area contributed by atoms with Gasteiger partial charge in [0.15, 0.2) is 0 Å². The highest BCUT2D eigenvalue weighted by molar-refractivity contribution is 7.88. The molecule has 0 amide bonds. The van der Waals surface area contributed by atoms with Crippen molar-refractivity contribution in [1.82, 2.24) is 0 Å². The van der Waals surface area contributed by atoms with Gasteiger partial charge in [-0.15, -0.1) is 0 Å². The normalized spacial score (nSPS) is 13.2. The van der Waals surface area contributed by atoms with Crippen molar-refractivity contribution in [2.24, 2.45) is 7.05 Å². The quantitative estimate of drug-likeness (QED) is 0.125. The van der Waals surface area contributed by atoms with Crippen LogP contribution in [0.25, 0.3) is 32.9 Å². The van der Waals surface area contributed by atoms with Gasteiger partial charge in [0.1, 0.15) is 30.1 Å². The Morgan fingerprint density at radius 1 is 0.968 bits per heavy atom. The Kier molecular flexibility index (Phi) is 3.97. The van der Waals surface area contributed by atoms with E-state index < -0.39 is 27.2 Å². The summed E-state index contributed by atoms with van der Waals surface area (Å²) >= 11 is 0. The lowest BCUT2D eigenvalue weighted by Gasteiger charge is -2.20. The zero-order valence-electron chi connectivity index (χ0n) is 15.7. The molecular formula is C21H12F4NO4S+. The fourth-order valence-electron chi connectivity index (χ4n) is 3.83. The average Bonchev–Trinajstić information content (AvgIpc) is 2.70. The van der Waals surface area contributed by atoms with E-state index >= 15 is 0 Å². The van der Waals surface area contributed by atoms with Crippen LogP contribution in [-0.4, -0.2) is 13.9 Å². The van der Waals surface area contributed by atoms with Gasteiger partial charge in [-0.2, -0.15) is 26.2 Å². The van der Waals surface area contributed by atoms with Crippen molar-refractivity contribution in [2.45, 2.75) is 5.51 Å². The standard InChI is InChI=1S/C21H12F4NO4S/c1-26-16-10-12(30-31(27,28)21(23,24)25)6-7-13(16)14-3-2-4-18-19(14)20(26)15-9-11(22)5-8-17(15)29-18/h2-10H,1H3/q+1. The summed E-state index contributed by atoms with van der Waals surface area (Å²) in [5.74, 6) is -0.00882. The third kappa shape index (κ3) is 2.89. The number of hydrogen-bond acceptors (Lipinski definition) is 4. The number of halogens is 4. The molecule has 0 radical (unpaired) electrons. The Bertz CT molecular complexity index is 1510. The van der Waals surface area contributed by atoms with E-state index in [0.29, 0.717) is 44.4 Å². The van der Waals surface area contributed by atoms with Crippen molar-refractivity contribution in [3.8, 4) is 28.5 Å². The number of aryl methyl sites for hydroxylation is 1. The third-order valence-corrected chi connectivity index (χ3v) is 6.10. The van der Waals surface area contributed by atoms with Gasteiger partial charge in [-0.3, -0.25) is 0 Å². The summed E-state index contributed by atoms with van der Waals surface area (Å²) in [5, 5.41) is 2.04. The second-order valence-corrected chi connectivity index (χ2v) is 8.53. The molecule has 0 unspecified atom stereocenters. The highest BCUT2D eigenvalue weighted by Crippen LogP contribution is 2.46. The molecule has 5 rings (SSSR count). The molecule has 0 aliphatic carbocycles. The van der Waals surface area contributed by atoms with Crippen molar-refractivity contribution < 1.29 is 39.5 Å². The minimum Gasteiger partial charge on any atom is -0.456 e. The van der Waals surface area contributed by atoms with Crippen LogP contribution in [0.2, 0.25) is 0 Å². The highest BCUT2D eigenvalue weighted by atomic mass is 32.2. The van der Waals surface area contributed by atoms with Crippen molar-refractivity contribution in [1.29, 1.82) is 0 Å². The number of nitrogens with zero attached hydrogens (tertiary/aromatic N) is 1. The molecule has 10 heteroatoms. The summed E-state index contributed by atoms with van der Waals surface area (Å²) in [6.45, 7) is 0. The molecule has 0 saturated heterocycles. The summed E-state index contributed by atoms with van der Waals surface area (Å²) in [5.41, 5.74) is -4.12. The van der Waals surface area contributed by atoms with Crippen LogP contribution in [0.5, 0.6) is 17.2 Å². The molecule has 5 nitrogen and oxygen atoms in total. The maximum absolute atomic E-state index is 14.0. The van der Waals surface area contributed by atoms with Crippen molar-refractivity contribution in [3.63, 3.8) is 0 Å². The van der Waals surface area contributed by atoms with Crippen molar-refractivity contribution >= 4 is 31.8 Å². The SMILES string of the molecule is C[n+]1c2c3c(cccc3c3ccc(OS(=O)(=O)C(F)(F)F)cc31)Oc1ccc(F)cc1-2. The van der Waals surface area contributed by atoms with Crippen molar-refractivity contribution in [3.05, 3.63) is 60.4 Å². The molecule has 1 aliphatic heterocycles. The van der Waals surface area contributed by atoms with E-state index in [0.717, 1.165) is 6.07 Å². The minimum atomic E-state index is -5.82. The van der Waals surface area contributed by atoms with E-state index in [-0.39, 0.29) is 0 Å². The first-order valence-electron chi connectivity index (χ1n) is 8.94. The number of ether oxygens (including phenoxy) is 1. The predicted octanol–water partition coefficient (Wildman–Crippen LogP) is 4.96. The van der Waals surface area contributed by atoms with E-state index in [9.17, 15) is 26.0 Å². The first kappa shape index (κ1) is 19.6. The molecule has 1 aromatic heterocycles. The van der Waals surface area contributed by atoms with E-state index in [4.69, 9.17) is 4.74 Å². The van der Waals surface area contributed by atoms with Gasteiger partial charge in [0.25, 0.3) is 0 Å². The molecule has 0 fully saturated rings. The second-order valence-electron chi connectivity index (χ2n) is 6.99. The number of rotatable bonds is 2. The fourth-order valence-corrected chi connectivity index (χ4v) is 4.28. The molecule has 0 bridgehead atoms. The summed E-state index contributed by atoms with van der Waals surface area (Å²) in [4.78, 5) is 0. The number of fused-ring (bicyclic) bond motifs is 4. The third-order valence-electron chi connectivity index (χ3n) is 5.13. The molecule has 0 atom stereocenters. The fraction of sp³-hybridized carbons (Fsp3) is 0.0952. The van der Waals surface area contributed by atoms with Gasteiger partial charge in [0.2, 0.25) is 11.2 Å². The molecule has 2 heterocycles. The van der Waals surface area contributed by atoms with Gasteiger partial charge in [-0.1, -0.05) is 12.1 Å². The molecule has 0 N–H and O–H groups in total. The zero-order chi connectivity index (χ0) is 22.1. The van der Waals surface area contributed by atoms with Crippen molar-refractivity contribution in [2.75, 3.05) is 0 Å². The molecular weight excluding hydrogens is 438 g/mol. The van der Waals surface area contributed by atoms with Gasteiger partial charge < -0.3 is 8.92 Å². The lowest BCUT2D eigenvalue weighted by molar-refractivity contribution is -0.632. The van der Waals surface area contributed by atoms with E-state index in [2.05, 4.69) is 4.18 Å². The lowest BCUT2D eigenvalue weighted by Crippen LogP contribution is -2.33. The van der Waals surface area contributed by atoms with Gasteiger partial charge in [0, 0.05) is 5.39 Å². The molecule has 0 spiro atoms. The number of benzene rings is 3. The van der Waals surface area contributed by atoms with Crippen LogP contribution in [0.4, 0.5) is 17.6 Å². The number of alkyl halides is 3. The van der Waals surface area contributed by atoms with Crippen LogP contribution in [0.1, 0.15) is 0 Å². The summed E-state index contributed by atoms with van der Waals surface area (Å²) in [7, 11) is -4.17. The average molecular weight is 450 g/mol. The highest BCUT2D eigenvalue weighted by Gasteiger charge is 2.48. The van der Waals surface area contributed by atoms with Crippen LogP contribution in [0.15, 0.2) is 54.6 Å². The number of aromatic nitrogens is 1.